The van der Waals surface area contributed by atoms with Crippen LogP contribution in [-0.4, -0.2) is 33.5 Å². The minimum absolute atomic E-state index is 0.121. The Hall–Kier alpha value is -0.330. The fraction of sp³-hybridized carbons (Fsp3) is 0.750. The fourth-order valence-electron chi connectivity index (χ4n) is 1.15. The molecule has 13 heavy (non-hydrogen) atoms. The van der Waals surface area contributed by atoms with Gasteiger partial charge in [0.2, 0.25) is 5.91 Å². The normalized spacial score (nSPS) is 24.4. The van der Waals surface area contributed by atoms with Gasteiger partial charge in [-0.05, 0) is 13.3 Å². The maximum absolute atomic E-state index is 11.6. The summed E-state index contributed by atoms with van der Waals surface area (Å²) in [6.45, 7) is 4.04. The molecule has 5 heteroatoms. The fourth-order valence-corrected chi connectivity index (χ4v) is 1.45. The summed E-state index contributed by atoms with van der Waals surface area (Å²) in [6.07, 6.45) is 0.225. The third-order valence-electron chi connectivity index (χ3n) is 1.95. The van der Waals surface area contributed by atoms with Crippen LogP contribution in [0.15, 0.2) is 0 Å². The highest BCUT2D eigenvalue weighted by Gasteiger charge is 2.36. The zero-order valence-corrected chi connectivity index (χ0v) is 9.78. The van der Waals surface area contributed by atoms with Crippen LogP contribution in [0, 0.1) is 0 Å². The van der Waals surface area contributed by atoms with Gasteiger partial charge in [0.1, 0.15) is 6.61 Å². The van der Waals surface area contributed by atoms with Crippen molar-refractivity contribution in [1.29, 1.82) is 0 Å². The Morgan fingerprint density at radius 1 is 1.85 bits per heavy atom. The van der Waals surface area contributed by atoms with Gasteiger partial charge >= 0.3 is 6.09 Å². The highest BCUT2D eigenvalue weighted by Crippen LogP contribution is 2.17. The smallest absolute Gasteiger partial charge is 0.416 e. The van der Waals surface area contributed by atoms with E-state index in [0.29, 0.717) is 6.61 Å². The van der Waals surface area contributed by atoms with Crippen LogP contribution in [-0.2, 0) is 9.53 Å². The number of halogens is 1. The van der Waals surface area contributed by atoms with Crippen LogP contribution in [0.5, 0.6) is 0 Å². The topological polar surface area (TPSA) is 46.6 Å². The molecule has 0 aromatic heterocycles. The van der Waals surface area contributed by atoms with Crippen molar-refractivity contribution in [3.63, 3.8) is 0 Å². The molecule has 0 spiro atoms. The van der Waals surface area contributed by atoms with Crippen molar-refractivity contribution in [2.45, 2.75) is 30.2 Å². The van der Waals surface area contributed by atoms with Gasteiger partial charge < -0.3 is 4.74 Å². The molecular weight excluding hydrogens is 285 g/mol. The number of carbonyl (C=O) groups excluding carboxylic acids is 2. The number of alkyl halides is 1. The lowest BCUT2D eigenvalue weighted by Gasteiger charge is -2.18. The van der Waals surface area contributed by atoms with E-state index in [1.54, 1.807) is 0 Å². The molecule has 0 radical (unpaired) electrons. The third kappa shape index (κ3) is 2.12. The van der Waals surface area contributed by atoms with E-state index >= 15 is 0 Å². The highest BCUT2D eigenvalue weighted by molar-refractivity contribution is 14.1. The lowest BCUT2D eigenvalue weighted by Crippen LogP contribution is -2.41. The monoisotopic (exact) mass is 297 g/mol. The summed E-state index contributed by atoms with van der Waals surface area (Å²) in [5, 5.41) is 0. The summed E-state index contributed by atoms with van der Waals surface area (Å²) in [6, 6.07) is -0.121. The predicted octanol–water partition coefficient (Wildman–Crippen LogP) is 1.57. The lowest BCUT2D eigenvalue weighted by molar-refractivity contribution is -0.128. The SMILES string of the molecule is CCC(I)C(=O)N1C(=O)OCC1C. The van der Waals surface area contributed by atoms with E-state index in [2.05, 4.69) is 0 Å². The van der Waals surface area contributed by atoms with Crippen molar-refractivity contribution in [3.05, 3.63) is 0 Å². The Balaban J connectivity index is 2.70. The van der Waals surface area contributed by atoms with Crippen LogP contribution >= 0.6 is 22.6 Å². The number of rotatable bonds is 2. The summed E-state index contributed by atoms with van der Waals surface area (Å²) in [4.78, 5) is 23.9. The Kier molecular flexibility index (Phi) is 3.52. The van der Waals surface area contributed by atoms with Crippen molar-refractivity contribution >= 4 is 34.6 Å². The first-order valence-corrected chi connectivity index (χ1v) is 5.46. The first kappa shape index (κ1) is 10.7. The quantitative estimate of drug-likeness (QED) is 0.574. The second kappa shape index (κ2) is 4.26. The number of hydrogen-bond donors (Lipinski definition) is 0. The van der Waals surface area contributed by atoms with Crippen molar-refractivity contribution in [3.8, 4) is 0 Å². The van der Waals surface area contributed by atoms with E-state index in [4.69, 9.17) is 4.74 Å². The molecule has 0 saturated carbocycles. The molecule has 4 nitrogen and oxygen atoms in total. The third-order valence-corrected chi connectivity index (χ3v) is 3.36. The van der Waals surface area contributed by atoms with Crippen molar-refractivity contribution in [2.75, 3.05) is 6.61 Å². The standard InChI is InChI=1S/C8H12INO3/c1-3-6(9)7(11)10-5(2)4-13-8(10)12/h5-6H,3-4H2,1-2H3. The number of hydrogen-bond acceptors (Lipinski definition) is 3. The van der Waals surface area contributed by atoms with Crippen LogP contribution in [0.4, 0.5) is 4.79 Å². The number of nitrogens with zero attached hydrogens (tertiary/aromatic N) is 1. The summed E-state index contributed by atoms with van der Waals surface area (Å²) in [5.41, 5.74) is 0. The van der Waals surface area contributed by atoms with Crippen LogP contribution in [0.2, 0.25) is 0 Å². The number of ether oxygens (including phenoxy) is 1. The molecule has 1 aliphatic rings. The molecule has 1 fully saturated rings. The second-order valence-electron chi connectivity index (χ2n) is 3.01. The summed E-state index contributed by atoms with van der Waals surface area (Å²) < 4.78 is 4.62. The first-order valence-electron chi connectivity index (χ1n) is 4.21. The van der Waals surface area contributed by atoms with E-state index in [9.17, 15) is 9.59 Å². The van der Waals surface area contributed by atoms with Gasteiger partial charge in [0.15, 0.2) is 0 Å². The van der Waals surface area contributed by atoms with Gasteiger partial charge in [0, 0.05) is 0 Å². The average molecular weight is 297 g/mol. The van der Waals surface area contributed by atoms with Crippen molar-refractivity contribution in [2.24, 2.45) is 0 Å². The van der Waals surface area contributed by atoms with Gasteiger partial charge in [-0.25, -0.2) is 9.69 Å². The first-order chi connectivity index (χ1) is 6.07. The van der Waals surface area contributed by atoms with Gasteiger partial charge in [-0.1, -0.05) is 29.5 Å². The number of amides is 2. The van der Waals surface area contributed by atoms with Crippen molar-refractivity contribution < 1.29 is 14.3 Å². The van der Waals surface area contributed by atoms with Crippen LogP contribution in [0.25, 0.3) is 0 Å². The molecule has 1 saturated heterocycles. The van der Waals surface area contributed by atoms with Crippen molar-refractivity contribution in [1.82, 2.24) is 4.90 Å². The van der Waals surface area contributed by atoms with Gasteiger partial charge in [-0.3, -0.25) is 4.79 Å². The van der Waals surface area contributed by atoms with E-state index in [0.717, 1.165) is 6.42 Å². The molecule has 0 aromatic rings. The largest absolute Gasteiger partial charge is 0.447 e. The molecule has 0 bridgehead atoms. The summed E-state index contributed by atoms with van der Waals surface area (Å²) >= 11 is 2.04. The average Bonchev–Trinajstić information content (AvgIpc) is 2.44. The van der Waals surface area contributed by atoms with Crippen LogP contribution < -0.4 is 0 Å². The van der Waals surface area contributed by atoms with Crippen LogP contribution in [0.3, 0.4) is 0 Å². The molecule has 2 unspecified atom stereocenters. The maximum atomic E-state index is 11.6. The molecule has 0 aliphatic carbocycles. The van der Waals surface area contributed by atoms with Crippen LogP contribution in [0.1, 0.15) is 20.3 Å². The zero-order chi connectivity index (χ0) is 10.0. The Bertz CT molecular complexity index is 231. The Morgan fingerprint density at radius 2 is 2.46 bits per heavy atom. The summed E-state index contributed by atoms with van der Waals surface area (Å²) in [5.74, 6) is -0.141. The molecule has 0 N–H and O–H groups in total. The molecule has 0 aromatic carbocycles. The van der Waals surface area contributed by atoms with E-state index in [-0.39, 0.29) is 15.9 Å². The molecule has 1 rings (SSSR count). The highest BCUT2D eigenvalue weighted by atomic mass is 127. The molecular formula is C8H12INO3. The molecule has 1 heterocycles. The number of cyclic esters (lactones) is 1. The van der Waals surface area contributed by atoms with Gasteiger partial charge in [-0.2, -0.15) is 0 Å². The second-order valence-corrected chi connectivity index (χ2v) is 4.51. The minimum Gasteiger partial charge on any atom is -0.447 e. The van der Waals surface area contributed by atoms with E-state index < -0.39 is 6.09 Å². The molecule has 1 aliphatic heterocycles. The summed E-state index contributed by atoms with van der Waals surface area (Å²) in [7, 11) is 0. The predicted molar refractivity (Wildman–Crippen MR) is 55.8 cm³/mol. The zero-order valence-electron chi connectivity index (χ0n) is 7.62. The van der Waals surface area contributed by atoms with E-state index in [1.165, 1.54) is 4.90 Å². The van der Waals surface area contributed by atoms with Gasteiger partial charge in [-0.15, -0.1) is 0 Å². The lowest BCUT2D eigenvalue weighted by atomic mass is 10.2. The molecule has 2 amide bonds. The maximum Gasteiger partial charge on any atom is 0.416 e. The Morgan fingerprint density at radius 3 is 2.85 bits per heavy atom. The van der Waals surface area contributed by atoms with Gasteiger partial charge in [0.05, 0.1) is 9.97 Å². The molecule has 74 valence electrons. The molecule has 2 atom stereocenters. The van der Waals surface area contributed by atoms with E-state index in [1.807, 2.05) is 36.4 Å². The number of carbonyl (C=O) groups is 2. The number of imide groups is 1. The minimum atomic E-state index is -0.507. The Labute approximate surface area is 90.7 Å². The van der Waals surface area contributed by atoms with Gasteiger partial charge in [0.25, 0.3) is 0 Å².